The number of amides is 1. The van der Waals surface area contributed by atoms with E-state index >= 15 is 0 Å². The SMILES string of the molecule is CCC(C)(CCO)NC(=O)c1[nH]c2ccccc2c1Br. The van der Waals surface area contributed by atoms with E-state index in [2.05, 4.69) is 26.2 Å². The zero-order chi connectivity index (χ0) is 14.8. The van der Waals surface area contributed by atoms with Crippen LogP contribution in [0.25, 0.3) is 10.9 Å². The van der Waals surface area contributed by atoms with Crippen LogP contribution in [-0.2, 0) is 0 Å². The van der Waals surface area contributed by atoms with Gasteiger partial charge in [0.05, 0.1) is 4.47 Å². The Morgan fingerprint density at radius 1 is 1.45 bits per heavy atom. The maximum atomic E-state index is 12.4. The number of aromatic amines is 1. The maximum Gasteiger partial charge on any atom is 0.269 e. The molecule has 0 aliphatic rings. The van der Waals surface area contributed by atoms with Crippen LogP contribution in [0.5, 0.6) is 0 Å². The van der Waals surface area contributed by atoms with Crippen molar-refractivity contribution in [3.05, 3.63) is 34.4 Å². The molecule has 0 saturated carbocycles. The number of H-pyrrole nitrogens is 1. The van der Waals surface area contributed by atoms with Crippen LogP contribution in [0, 0.1) is 0 Å². The van der Waals surface area contributed by atoms with Crippen molar-refractivity contribution in [3.8, 4) is 0 Å². The number of carbonyl (C=O) groups excluding carboxylic acids is 1. The molecule has 0 radical (unpaired) electrons. The summed E-state index contributed by atoms with van der Waals surface area (Å²) in [6.07, 6.45) is 1.30. The molecule has 0 fully saturated rings. The highest BCUT2D eigenvalue weighted by Gasteiger charge is 2.26. The van der Waals surface area contributed by atoms with Gasteiger partial charge in [-0.2, -0.15) is 0 Å². The van der Waals surface area contributed by atoms with Gasteiger partial charge >= 0.3 is 0 Å². The standard InChI is InChI=1S/C15H19BrN2O2/c1-3-15(2,8-9-19)18-14(20)13-12(16)10-6-4-5-7-11(10)17-13/h4-7,17,19H,3,8-9H2,1-2H3,(H,18,20). The molecule has 20 heavy (non-hydrogen) atoms. The first-order valence-corrected chi connectivity index (χ1v) is 7.49. The van der Waals surface area contributed by atoms with Gasteiger partial charge in [0.25, 0.3) is 5.91 Å². The summed E-state index contributed by atoms with van der Waals surface area (Å²) >= 11 is 3.48. The molecule has 1 aromatic carbocycles. The van der Waals surface area contributed by atoms with E-state index in [1.165, 1.54) is 0 Å². The fraction of sp³-hybridized carbons (Fsp3) is 0.400. The van der Waals surface area contributed by atoms with E-state index in [4.69, 9.17) is 5.11 Å². The van der Waals surface area contributed by atoms with E-state index in [1.54, 1.807) is 0 Å². The molecule has 1 heterocycles. The first-order chi connectivity index (χ1) is 9.50. The van der Waals surface area contributed by atoms with Crippen molar-refractivity contribution in [2.75, 3.05) is 6.61 Å². The van der Waals surface area contributed by atoms with Crippen molar-refractivity contribution < 1.29 is 9.90 Å². The lowest BCUT2D eigenvalue weighted by Gasteiger charge is -2.28. The molecule has 0 aliphatic carbocycles. The zero-order valence-electron chi connectivity index (χ0n) is 11.7. The molecule has 1 atom stereocenters. The van der Waals surface area contributed by atoms with Crippen molar-refractivity contribution in [2.45, 2.75) is 32.2 Å². The van der Waals surface area contributed by atoms with Crippen molar-refractivity contribution in [1.82, 2.24) is 10.3 Å². The predicted molar refractivity (Wildman–Crippen MR) is 83.9 cm³/mol. The molecule has 2 rings (SSSR count). The maximum absolute atomic E-state index is 12.4. The van der Waals surface area contributed by atoms with Crippen molar-refractivity contribution in [1.29, 1.82) is 0 Å². The molecule has 4 nitrogen and oxygen atoms in total. The summed E-state index contributed by atoms with van der Waals surface area (Å²) in [4.78, 5) is 15.6. The van der Waals surface area contributed by atoms with Crippen molar-refractivity contribution >= 4 is 32.7 Å². The highest BCUT2D eigenvalue weighted by Crippen LogP contribution is 2.28. The molecule has 0 spiro atoms. The topological polar surface area (TPSA) is 65.1 Å². The van der Waals surface area contributed by atoms with Crippen LogP contribution in [0.3, 0.4) is 0 Å². The average Bonchev–Trinajstić information content (AvgIpc) is 2.77. The largest absolute Gasteiger partial charge is 0.396 e. The Kier molecular flexibility index (Phi) is 4.50. The number of halogens is 1. The van der Waals surface area contributed by atoms with E-state index in [-0.39, 0.29) is 12.5 Å². The summed E-state index contributed by atoms with van der Waals surface area (Å²) in [5.74, 6) is -0.161. The molecule has 3 N–H and O–H groups in total. The van der Waals surface area contributed by atoms with Gasteiger partial charge in [-0.15, -0.1) is 0 Å². The molecular weight excluding hydrogens is 320 g/mol. The molecule has 1 amide bonds. The molecule has 108 valence electrons. The highest BCUT2D eigenvalue weighted by atomic mass is 79.9. The number of nitrogens with one attached hydrogen (secondary N) is 2. The van der Waals surface area contributed by atoms with Gasteiger partial charge in [-0.1, -0.05) is 25.1 Å². The Balaban J connectivity index is 2.29. The number of benzene rings is 1. The second-order valence-corrected chi connectivity index (χ2v) is 5.99. The third kappa shape index (κ3) is 2.88. The number of rotatable bonds is 5. The summed E-state index contributed by atoms with van der Waals surface area (Å²) in [5.41, 5.74) is 1.04. The Bertz CT molecular complexity index is 623. The van der Waals surface area contributed by atoms with E-state index in [0.717, 1.165) is 21.8 Å². The van der Waals surface area contributed by atoms with Gasteiger partial charge in [-0.05, 0) is 41.8 Å². The van der Waals surface area contributed by atoms with Crippen LogP contribution >= 0.6 is 15.9 Å². The van der Waals surface area contributed by atoms with Gasteiger partial charge in [-0.25, -0.2) is 0 Å². The van der Waals surface area contributed by atoms with Crippen LogP contribution in [0.15, 0.2) is 28.7 Å². The molecule has 0 bridgehead atoms. The average molecular weight is 339 g/mol. The second-order valence-electron chi connectivity index (χ2n) is 5.20. The lowest BCUT2D eigenvalue weighted by Crippen LogP contribution is -2.46. The van der Waals surface area contributed by atoms with Gasteiger partial charge in [0, 0.05) is 23.0 Å². The number of hydrogen-bond donors (Lipinski definition) is 3. The minimum atomic E-state index is -0.400. The van der Waals surface area contributed by atoms with Gasteiger partial charge in [0.1, 0.15) is 5.69 Å². The lowest BCUT2D eigenvalue weighted by molar-refractivity contribution is 0.0881. The molecule has 0 aliphatic heterocycles. The van der Waals surface area contributed by atoms with E-state index in [9.17, 15) is 4.79 Å². The van der Waals surface area contributed by atoms with Crippen LogP contribution in [-0.4, -0.2) is 28.1 Å². The summed E-state index contributed by atoms with van der Waals surface area (Å²) in [5, 5.41) is 13.1. The van der Waals surface area contributed by atoms with Crippen molar-refractivity contribution in [2.24, 2.45) is 0 Å². The Hall–Kier alpha value is -1.33. The molecule has 2 aromatic rings. The monoisotopic (exact) mass is 338 g/mol. The van der Waals surface area contributed by atoms with Gasteiger partial charge in [0.15, 0.2) is 0 Å². The summed E-state index contributed by atoms with van der Waals surface area (Å²) in [6, 6.07) is 7.75. The zero-order valence-corrected chi connectivity index (χ0v) is 13.3. The predicted octanol–water partition coefficient (Wildman–Crippen LogP) is 3.21. The normalized spacial score (nSPS) is 14.2. The number of aliphatic hydroxyl groups excluding tert-OH is 1. The van der Waals surface area contributed by atoms with E-state index in [0.29, 0.717) is 12.1 Å². The minimum Gasteiger partial charge on any atom is -0.396 e. The summed E-state index contributed by atoms with van der Waals surface area (Å²) in [7, 11) is 0. The smallest absolute Gasteiger partial charge is 0.269 e. The highest BCUT2D eigenvalue weighted by molar-refractivity contribution is 9.10. The molecule has 1 unspecified atom stereocenters. The van der Waals surface area contributed by atoms with Crippen LogP contribution < -0.4 is 5.32 Å². The quantitative estimate of drug-likeness (QED) is 0.783. The molecule has 1 aromatic heterocycles. The van der Waals surface area contributed by atoms with Crippen LogP contribution in [0.2, 0.25) is 0 Å². The first-order valence-electron chi connectivity index (χ1n) is 6.70. The fourth-order valence-electron chi connectivity index (χ4n) is 2.18. The summed E-state index contributed by atoms with van der Waals surface area (Å²) < 4.78 is 0.771. The Labute approximate surface area is 126 Å². The fourth-order valence-corrected chi connectivity index (χ4v) is 2.80. The molecule has 5 heteroatoms. The number of fused-ring (bicyclic) bond motifs is 1. The number of hydrogen-bond acceptors (Lipinski definition) is 2. The van der Waals surface area contributed by atoms with E-state index in [1.807, 2.05) is 38.1 Å². The number of para-hydroxylation sites is 1. The van der Waals surface area contributed by atoms with Crippen molar-refractivity contribution in [3.63, 3.8) is 0 Å². The third-order valence-corrected chi connectivity index (χ3v) is 4.55. The second kappa shape index (κ2) is 5.97. The van der Waals surface area contributed by atoms with Gasteiger partial charge in [-0.3, -0.25) is 4.79 Å². The summed E-state index contributed by atoms with van der Waals surface area (Å²) in [6.45, 7) is 3.99. The molecular formula is C15H19BrN2O2. The van der Waals surface area contributed by atoms with Crippen LogP contribution in [0.4, 0.5) is 0 Å². The number of aliphatic hydroxyl groups is 1. The number of aromatic nitrogens is 1. The van der Waals surface area contributed by atoms with Gasteiger partial charge < -0.3 is 15.4 Å². The van der Waals surface area contributed by atoms with E-state index < -0.39 is 5.54 Å². The Morgan fingerprint density at radius 2 is 2.15 bits per heavy atom. The molecule has 0 saturated heterocycles. The Morgan fingerprint density at radius 3 is 2.75 bits per heavy atom. The van der Waals surface area contributed by atoms with Gasteiger partial charge in [0.2, 0.25) is 0 Å². The number of carbonyl (C=O) groups is 1. The lowest BCUT2D eigenvalue weighted by atomic mass is 9.95. The first kappa shape index (κ1) is 15.1. The van der Waals surface area contributed by atoms with Crippen LogP contribution in [0.1, 0.15) is 37.2 Å². The third-order valence-electron chi connectivity index (χ3n) is 3.73. The minimum absolute atomic E-state index is 0.0541.